The normalized spacial score (nSPS) is 13.5. The number of fused-ring (bicyclic) bond motifs is 2. The SMILES string of the molecule is O=[P+]1Oc2ccccc2Cc2ccccc2O1. The third-order valence-electron chi connectivity index (χ3n) is 2.67. The van der Waals surface area contributed by atoms with E-state index in [-0.39, 0.29) is 0 Å². The standard InChI is InChI=1S/C13H10O3P/c14-17-15-12-7-3-1-5-10(12)9-11-6-2-4-8-13(11)16-17/h1-8H,9H2/q+1. The molecule has 17 heavy (non-hydrogen) atoms. The molecule has 3 nitrogen and oxygen atoms in total. The zero-order valence-corrected chi connectivity index (χ0v) is 9.89. The summed E-state index contributed by atoms with van der Waals surface area (Å²) in [6.07, 6.45) is 0.718. The van der Waals surface area contributed by atoms with Crippen molar-refractivity contribution in [2.45, 2.75) is 6.42 Å². The Morgan fingerprint density at radius 2 is 1.29 bits per heavy atom. The highest BCUT2D eigenvalue weighted by atomic mass is 31.1. The summed E-state index contributed by atoms with van der Waals surface area (Å²) < 4.78 is 22.2. The summed E-state index contributed by atoms with van der Waals surface area (Å²) >= 11 is 0. The second-order valence-corrected chi connectivity index (χ2v) is 4.61. The summed E-state index contributed by atoms with van der Waals surface area (Å²) in [6.45, 7) is 0. The zero-order valence-electron chi connectivity index (χ0n) is 9.00. The predicted molar refractivity (Wildman–Crippen MR) is 64.6 cm³/mol. The Morgan fingerprint density at radius 3 is 1.82 bits per heavy atom. The van der Waals surface area contributed by atoms with E-state index >= 15 is 0 Å². The molecule has 1 aliphatic rings. The number of hydrogen-bond donors (Lipinski definition) is 0. The highest BCUT2D eigenvalue weighted by Crippen LogP contribution is 2.38. The summed E-state index contributed by atoms with van der Waals surface area (Å²) in [6, 6.07) is 15.2. The summed E-state index contributed by atoms with van der Waals surface area (Å²) in [7, 11) is -2.16. The van der Waals surface area contributed by atoms with Crippen LogP contribution in [0.5, 0.6) is 11.5 Å². The van der Waals surface area contributed by atoms with Gasteiger partial charge in [-0.15, -0.1) is 0 Å². The first-order valence-corrected chi connectivity index (χ1v) is 6.41. The van der Waals surface area contributed by atoms with Crippen LogP contribution in [-0.2, 0) is 11.0 Å². The van der Waals surface area contributed by atoms with Crippen LogP contribution in [0.4, 0.5) is 0 Å². The number of rotatable bonds is 0. The fraction of sp³-hybridized carbons (Fsp3) is 0.0769. The largest absolute Gasteiger partial charge is 0.805 e. The first-order valence-electron chi connectivity index (χ1n) is 5.32. The van der Waals surface area contributed by atoms with Crippen molar-refractivity contribution in [1.29, 1.82) is 0 Å². The number of benzene rings is 2. The molecule has 1 aliphatic heterocycles. The monoisotopic (exact) mass is 245 g/mol. The molecule has 0 aromatic heterocycles. The lowest BCUT2D eigenvalue weighted by Gasteiger charge is -2.09. The van der Waals surface area contributed by atoms with E-state index in [4.69, 9.17) is 9.05 Å². The van der Waals surface area contributed by atoms with Gasteiger partial charge in [-0.2, -0.15) is 0 Å². The van der Waals surface area contributed by atoms with Crippen molar-refractivity contribution < 1.29 is 13.6 Å². The average molecular weight is 245 g/mol. The topological polar surface area (TPSA) is 35.5 Å². The number of para-hydroxylation sites is 2. The molecule has 0 spiro atoms. The minimum Gasteiger partial charge on any atom is -0.222 e. The van der Waals surface area contributed by atoms with Crippen molar-refractivity contribution in [2.24, 2.45) is 0 Å². The summed E-state index contributed by atoms with van der Waals surface area (Å²) in [5.74, 6) is 1.26. The van der Waals surface area contributed by atoms with Gasteiger partial charge in [-0.1, -0.05) is 36.4 Å². The Labute approximate surface area is 100.0 Å². The second-order valence-electron chi connectivity index (χ2n) is 3.80. The van der Waals surface area contributed by atoms with Gasteiger partial charge in [0.25, 0.3) is 0 Å². The molecule has 0 radical (unpaired) electrons. The van der Waals surface area contributed by atoms with Crippen molar-refractivity contribution in [1.82, 2.24) is 0 Å². The Kier molecular flexibility index (Phi) is 2.54. The molecule has 0 bridgehead atoms. The molecule has 4 heteroatoms. The maximum Gasteiger partial charge on any atom is 0.805 e. The van der Waals surface area contributed by atoms with Crippen molar-refractivity contribution in [3.05, 3.63) is 59.7 Å². The van der Waals surface area contributed by atoms with Crippen molar-refractivity contribution in [3.8, 4) is 11.5 Å². The number of hydrogen-bond acceptors (Lipinski definition) is 3. The van der Waals surface area contributed by atoms with Crippen LogP contribution in [0.3, 0.4) is 0 Å². The summed E-state index contributed by atoms with van der Waals surface area (Å²) in [5, 5.41) is 0. The molecule has 2 aromatic rings. The first-order chi connectivity index (χ1) is 8.33. The van der Waals surface area contributed by atoms with E-state index in [1.54, 1.807) is 12.1 Å². The molecule has 84 valence electrons. The first kappa shape index (κ1) is 10.3. The Hall–Kier alpha value is -1.86. The summed E-state index contributed by atoms with van der Waals surface area (Å²) in [5.41, 5.74) is 2.04. The van der Waals surface area contributed by atoms with E-state index in [1.165, 1.54) is 0 Å². The van der Waals surface area contributed by atoms with Crippen LogP contribution in [0, 0.1) is 0 Å². The predicted octanol–water partition coefficient (Wildman–Crippen LogP) is 3.71. The Bertz CT molecular complexity index is 531. The van der Waals surface area contributed by atoms with Gasteiger partial charge in [0.05, 0.1) is 0 Å². The molecule has 2 aromatic carbocycles. The average Bonchev–Trinajstić information content (AvgIpc) is 2.31. The van der Waals surface area contributed by atoms with Gasteiger partial charge in [0.2, 0.25) is 0 Å². The van der Waals surface area contributed by atoms with Gasteiger partial charge < -0.3 is 0 Å². The van der Waals surface area contributed by atoms with Gasteiger partial charge in [-0.3, -0.25) is 0 Å². The highest BCUT2D eigenvalue weighted by molar-refractivity contribution is 7.34. The molecule has 0 aliphatic carbocycles. The molecule has 0 fully saturated rings. The van der Waals surface area contributed by atoms with Crippen molar-refractivity contribution in [2.75, 3.05) is 0 Å². The second kappa shape index (κ2) is 4.19. The fourth-order valence-electron chi connectivity index (χ4n) is 1.86. The van der Waals surface area contributed by atoms with Gasteiger partial charge >= 0.3 is 8.25 Å². The van der Waals surface area contributed by atoms with E-state index in [0.717, 1.165) is 17.5 Å². The van der Waals surface area contributed by atoms with Crippen LogP contribution in [0.25, 0.3) is 0 Å². The van der Waals surface area contributed by atoms with Crippen LogP contribution in [-0.4, -0.2) is 0 Å². The van der Waals surface area contributed by atoms with Crippen molar-refractivity contribution in [3.63, 3.8) is 0 Å². The quantitative estimate of drug-likeness (QED) is 0.664. The van der Waals surface area contributed by atoms with Crippen molar-refractivity contribution >= 4 is 8.25 Å². The molecule has 3 rings (SSSR count). The highest BCUT2D eigenvalue weighted by Gasteiger charge is 2.29. The van der Waals surface area contributed by atoms with E-state index in [2.05, 4.69) is 0 Å². The van der Waals surface area contributed by atoms with Crippen LogP contribution in [0.2, 0.25) is 0 Å². The molecule has 0 saturated carbocycles. The molecule has 0 N–H and O–H groups in total. The lowest BCUT2D eigenvalue weighted by atomic mass is 10.0. The Balaban J connectivity index is 2.12. The Morgan fingerprint density at radius 1 is 0.824 bits per heavy atom. The van der Waals surface area contributed by atoms with Crippen LogP contribution < -0.4 is 9.05 Å². The van der Waals surface area contributed by atoms with Crippen LogP contribution in [0.1, 0.15) is 11.1 Å². The molecule has 0 atom stereocenters. The van der Waals surface area contributed by atoms with Gasteiger partial charge in [0, 0.05) is 22.1 Å². The minimum atomic E-state index is -2.16. The van der Waals surface area contributed by atoms with E-state index in [0.29, 0.717) is 11.5 Å². The van der Waals surface area contributed by atoms with Gasteiger partial charge in [-0.05, 0) is 12.1 Å². The van der Waals surface area contributed by atoms with E-state index in [1.807, 2.05) is 36.4 Å². The third-order valence-corrected chi connectivity index (χ3v) is 3.36. The minimum absolute atomic E-state index is 0.628. The maximum absolute atomic E-state index is 11.7. The van der Waals surface area contributed by atoms with Gasteiger partial charge in [0.15, 0.2) is 11.5 Å². The van der Waals surface area contributed by atoms with E-state index in [9.17, 15) is 4.57 Å². The molecule has 1 heterocycles. The molecular weight excluding hydrogens is 235 g/mol. The molecule has 0 unspecified atom stereocenters. The third kappa shape index (κ3) is 2.02. The smallest absolute Gasteiger partial charge is 0.222 e. The lowest BCUT2D eigenvalue weighted by molar-refractivity contribution is 0.408. The lowest BCUT2D eigenvalue weighted by Crippen LogP contribution is -2.00. The molecular formula is C13H10O3P+. The maximum atomic E-state index is 11.7. The van der Waals surface area contributed by atoms with Crippen LogP contribution >= 0.6 is 8.25 Å². The molecule has 0 saturated heterocycles. The van der Waals surface area contributed by atoms with Gasteiger partial charge in [0.1, 0.15) is 0 Å². The fourth-order valence-corrected chi connectivity index (χ4v) is 2.58. The van der Waals surface area contributed by atoms with E-state index < -0.39 is 8.25 Å². The summed E-state index contributed by atoms with van der Waals surface area (Å²) in [4.78, 5) is 0. The molecule has 0 amide bonds. The van der Waals surface area contributed by atoms with Gasteiger partial charge in [-0.25, -0.2) is 9.05 Å². The van der Waals surface area contributed by atoms with Crippen LogP contribution in [0.15, 0.2) is 48.5 Å². The zero-order chi connectivity index (χ0) is 11.7.